The summed E-state index contributed by atoms with van der Waals surface area (Å²) in [6.07, 6.45) is -15.6. The lowest BCUT2D eigenvalue weighted by Crippen LogP contribution is -2.64. The number of hydrogen-bond acceptors (Lipinski definition) is 11. The molecule has 0 bridgehead atoms. The number of hydrogen-bond donors (Lipinski definition) is 8. The Morgan fingerprint density at radius 1 is 0.652 bits per heavy atom. The van der Waals surface area contributed by atoms with Crippen molar-refractivity contribution in [1.82, 2.24) is 0 Å². The molecule has 2 rings (SSSR count). The van der Waals surface area contributed by atoms with Crippen LogP contribution in [0.15, 0.2) is 0 Å². The molecular weight excluding hydrogens is 320 g/mol. The smallest absolute Gasteiger partial charge is 0.187 e. The van der Waals surface area contributed by atoms with Crippen molar-refractivity contribution in [2.24, 2.45) is 0 Å². The van der Waals surface area contributed by atoms with Crippen LogP contribution in [0.25, 0.3) is 0 Å². The van der Waals surface area contributed by atoms with E-state index in [1.54, 1.807) is 0 Å². The molecule has 1 unspecified atom stereocenters. The molecule has 0 aliphatic carbocycles. The first-order valence-corrected chi connectivity index (χ1v) is 7.08. The SMILES string of the molecule is OC[C@@H]1O[C@@H](O)[C@H](OC2O[C@H](CO)[C@@H](O)[C@H](O)[C@H]2O)[C@H](O)[C@H]1O. The molecule has 0 aromatic heterocycles. The largest absolute Gasteiger partial charge is 0.394 e. The van der Waals surface area contributed by atoms with Crippen LogP contribution in [0, 0.1) is 0 Å². The molecule has 2 aliphatic rings. The zero-order valence-corrected chi connectivity index (χ0v) is 12.0. The van der Waals surface area contributed by atoms with E-state index in [1.165, 1.54) is 0 Å². The number of ether oxygens (including phenoxy) is 3. The third kappa shape index (κ3) is 3.65. The van der Waals surface area contributed by atoms with Gasteiger partial charge in [-0.3, -0.25) is 0 Å². The molecule has 0 saturated carbocycles. The first kappa shape index (κ1) is 18.9. The van der Waals surface area contributed by atoms with E-state index in [-0.39, 0.29) is 0 Å². The molecule has 2 saturated heterocycles. The van der Waals surface area contributed by atoms with Gasteiger partial charge in [0.15, 0.2) is 12.6 Å². The Labute approximate surface area is 130 Å². The van der Waals surface area contributed by atoms with Crippen LogP contribution in [0.5, 0.6) is 0 Å². The highest BCUT2D eigenvalue weighted by atomic mass is 16.7. The topological polar surface area (TPSA) is 190 Å². The molecule has 0 aromatic rings. The summed E-state index contributed by atoms with van der Waals surface area (Å²) in [7, 11) is 0. The van der Waals surface area contributed by atoms with Gasteiger partial charge in [0.25, 0.3) is 0 Å². The van der Waals surface area contributed by atoms with E-state index in [1.807, 2.05) is 0 Å². The molecular formula is C12H22O11. The maximum absolute atomic E-state index is 9.94. The van der Waals surface area contributed by atoms with Crippen molar-refractivity contribution in [2.45, 2.75) is 61.4 Å². The number of aliphatic hydroxyl groups is 8. The zero-order chi connectivity index (χ0) is 17.3. The van der Waals surface area contributed by atoms with Gasteiger partial charge in [0.2, 0.25) is 0 Å². The summed E-state index contributed by atoms with van der Waals surface area (Å²) in [5.41, 5.74) is 0. The molecule has 23 heavy (non-hydrogen) atoms. The Morgan fingerprint density at radius 2 is 1.17 bits per heavy atom. The van der Waals surface area contributed by atoms with E-state index >= 15 is 0 Å². The summed E-state index contributed by atoms with van der Waals surface area (Å²) in [5, 5.41) is 76.7. The fraction of sp³-hybridized carbons (Fsp3) is 1.00. The van der Waals surface area contributed by atoms with Crippen molar-refractivity contribution in [1.29, 1.82) is 0 Å². The Kier molecular flexibility index (Phi) is 6.27. The van der Waals surface area contributed by atoms with Crippen LogP contribution in [0.3, 0.4) is 0 Å². The second-order valence-corrected chi connectivity index (χ2v) is 5.53. The van der Waals surface area contributed by atoms with Crippen LogP contribution < -0.4 is 0 Å². The van der Waals surface area contributed by atoms with Gasteiger partial charge in [0, 0.05) is 0 Å². The average Bonchev–Trinajstić information content (AvgIpc) is 2.54. The summed E-state index contributed by atoms with van der Waals surface area (Å²) in [4.78, 5) is 0. The lowest BCUT2D eigenvalue weighted by molar-refractivity contribution is -0.361. The summed E-state index contributed by atoms with van der Waals surface area (Å²) < 4.78 is 15.1. The van der Waals surface area contributed by atoms with Gasteiger partial charge >= 0.3 is 0 Å². The van der Waals surface area contributed by atoms with Gasteiger partial charge in [-0.05, 0) is 0 Å². The van der Waals surface area contributed by atoms with E-state index in [0.29, 0.717) is 0 Å². The summed E-state index contributed by atoms with van der Waals surface area (Å²) in [6.45, 7) is -1.33. The minimum atomic E-state index is -1.75. The monoisotopic (exact) mass is 342 g/mol. The molecule has 11 heteroatoms. The second kappa shape index (κ2) is 7.63. The van der Waals surface area contributed by atoms with Crippen LogP contribution in [0.2, 0.25) is 0 Å². The highest BCUT2D eigenvalue weighted by Gasteiger charge is 2.50. The zero-order valence-electron chi connectivity index (χ0n) is 12.0. The molecule has 8 N–H and O–H groups in total. The minimum absolute atomic E-state index is 0.651. The molecule has 2 fully saturated rings. The third-order valence-electron chi connectivity index (χ3n) is 3.98. The molecule has 2 heterocycles. The van der Waals surface area contributed by atoms with Crippen molar-refractivity contribution in [3.05, 3.63) is 0 Å². The van der Waals surface area contributed by atoms with Gasteiger partial charge in [-0.15, -0.1) is 0 Å². The van der Waals surface area contributed by atoms with Crippen molar-refractivity contribution in [3.63, 3.8) is 0 Å². The van der Waals surface area contributed by atoms with Crippen molar-refractivity contribution in [3.8, 4) is 0 Å². The molecule has 0 spiro atoms. The van der Waals surface area contributed by atoms with Crippen LogP contribution in [-0.2, 0) is 14.2 Å². The molecule has 0 aromatic carbocycles. The van der Waals surface area contributed by atoms with Crippen LogP contribution >= 0.6 is 0 Å². The Hall–Kier alpha value is -0.440. The summed E-state index contributed by atoms with van der Waals surface area (Å²) in [6, 6.07) is 0. The standard InChI is InChI=1S/C12H22O11/c13-1-3-6(16)8(18)10(11(20)21-3)23-12-9(19)7(17)5(15)4(2-14)22-12/h3-20H,1-2H2/t3-,4+,5+,6-,7-,8+,9+,10+,11+,12?/m0/s1. The van der Waals surface area contributed by atoms with E-state index in [0.717, 1.165) is 0 Å². The molecule has 0 radical (unpaired) electrons. The van der Waals surface area contributed by atoms with E-state index in [9.17, 15) is 30.6 Å². The van der Waals surface area contributed by atoms with Gasteiger partial charge in [0.1, 0.15) is 48.8 Å². The predicted octanol–water partition coefficient (Wildman–Crippen LogP) is -5.40. The second-order valence-electron chi connectivity index (χ2n) is 5.53. The van der Waals surface area contributed by atoms with Gasteiger partial charge < -0.3 is 55.1 Å². The normalized spacial score (nSPS) is 51.7. The first-order chi connectivity index (χ1) is 10.8. The first-order valence-electron chi connectivity index (χ1n) is 7.08. The van der Waals surface area contributed by atoms with Crippen molar-refractivity contribution in [2.75, 3.05) is 13.2 Å². The van der Waals surface area contributed by atoms with Crippen LogP contribution in [0.1, 0.15) is 0 Å². The van der Waals surface area contributed by atoms with Crippen molar-refractivity contribution < 1.29 is 55.1 Å². The molecule has 11 nitrogen and oxygen atoms in total. The van der Waals surface area contributed by atoms with Crippen LogP contribution in [-0.4, -0.2) is 115 Å². The summed E-state index contributed by atoms with van der Waals surface area (Å²) in [5.74, 6) is 0. The molecule has 0 amide bonds. The van der Waals surface area contributed by atoms with E-state index in [2.05, 4.69) is 0 Å². The van der Waals surface area contributed by atoms with E-state index in [4.69, 9.17) is 24.4 Å². The molecule has 136 valence electrons. The molecule has 10 atom stereocenters. The fourth-order valence-corrected chi connectivity index (χ4v) is 2.55. The lowest BCUT2D eigenvalue weighted by Gasteiger charge is -2.44. The highest BCUT2D eigenvalue weighted by molar-refractivity contribution is 4.93. The molecule has 2 aliphatic heterocycles. The Morgan fingerprint density at radius 3 is 1.74 bits per heavy atom. The minimum Gasteiger partial charge on any atom is -0.394 e. The predicted molar refractivity (Wildman–Crippen MR) is 68.6 cm³/mol. The fourth-order valence-electron chi connectivity index (χ4n) is 2.55. The highest BCUT2D eigenvalue weighted by Crippen LogP contribution is 2.28. The van der Waals surface area contributed by atoms with Gasteiger partial charge in [-0.1, -0.05) is 0 Å². The quantitative estimate of drug-likeness (QED) is 0.243. The average molecular weight is 342 g/mol. The van der Waals surface area contributed by atoms with Gasteiger partial charge in [0.05, 0.1) is 13.2 Å². The van der Waals surface area contributed by atoms with E-state index < -0.39 is 74.6 Å². The van der Waals surface area contributed by atoms with Gasteiger partial charge in [-0.2, -0.15) is 0 Å². The maximum atomic E-state index is 9.94. The van der Waals surface area contributed by atoms with Crippen LogP contribution in [0.4, 0.5) is 0 Å². The lowest BCUT2D eigenvalue weighted by atomic mass is 9.97. The number of rotatable bonds is 4. The third-order valence-corrected chi connectivity index (χ3v) is 3.98. The van der Waals surface area contributed by atoms with Gasteiger partial charge in [-0.25, -0.2) is 0 Å². The van der Waals surface area contributed by atoms with Crippen molar-refractivity contribution >= 4 is 0 Å². The summed E-state index contributed by atoms with van der Waals surface area (Å²) >= 11 is 0. The Bertz CT molecular complexity index is 380. The maximum Gasteiger partial charge on any atom is 0.187 e. The number of aliphatic hydroxyl groups excluding tert-OH is 8. The Balaban J connectivity index is 2.08.